The molecule has 0 atom stereocenters. The van der Waals surface area contributed by atoms with E-state index >= 15 is 0 Å². The summed E-state index contributed by atoms with van der Waals surface area (Å²) in [5, 5.41) is 13.1. The number of aliphatic hydroxyl groups is 1. The SMILES string of the molecule is Nc1ccc2ncc(-c3nccc(N[C@H]4CC[C@H](O)CC4)n3)n2c1. The van der Waals surface area contributed by atoms with E-state index in [4.69, 9.17) is 5.73 Å². The van der Waals surface area contributed by atoms with Gasteiger partial charge in [0.15, 0.2) is 5.82 Å². The second kappa shape index (κ2) is 6.09. The first-order valence-corrected chi connectivity index (χ1v) is 8.19. The molecule has 1 aliphatic carbocycles. The minimum atomic E-state index is -0.160. The molecule has 7 heteroatoms. The maximum atomic E-state index is 9.61. The van der Waals surface area contributed by atoms with Gasteiger partial charge in [-0.05, 0) is 43.9 Å². The number of nitrogen functional groups attached to an aromatic ring is 1. The minimum Gasteiger partial charge on any atom is -0.398 e. The van der Waals surface area contributed by atoms with Gasteiger partial charge in [-0.3, -0.25) is 4.40 Å². The van der Waals surface area contributed by atoms with E-state index in [1.807, 2.05) is 28.8 Å². The fourth-order valence-corrected chi connectivity index (χ4v) is 3.15. The van der Waals surface area contributed by atoms with E-state index in [1.54, 1.807) is 12.4 Å². The number of hydrogen-bond acceptors (Lipinski definition) is 6. The van der Waals surface area contributed by atoms with Crippen LogP contribution in [0.5, 0.6) is 0 Å². The van der Waals surface area contributed by atoms with E-state index in [0.717, 1.165) is 42.8 Å². The number of nitrogens with one attached hydrogen (secondary N) is 1. The quantitative estimate of drug-likeness (QED) is 0.682. The molecule has 1 fully saturated rings. The van der Waals surface area contributed by atoms with Gasteiger partial charge in [0.25, 0.3) is 0 Å². The first-order chi connectivity index (χ1) is 11.7. The lowest BCUT2D eigenvalue weighted by Crippen LogP contribution is -2.28. The highest BCUT2D eigenvalue weighted by Crippen LogP contribution is 2.23. The molecule has 0 aromatic carbocycles. The second-order valence-electron chi connectivity index (χ2n) is 6.25. The Balaban J connectivity index is 1.61. The van der Waals surface area contributed by atoms with Crippen molar-refractivity contribution in [1.29, 1.82) is 0 Å². The van der Waals surface area contributed by atoms with E-state index < -0.39 is 0 Å². The van der Waals surface area contributed by atoms with Crippen LogP contribution < -0.4 is 11.1 Å². The van der Waals surface area contributed by atoms with Crippen molar-refractivity contribution < 1.29 is 5.11 Å². The van der Waals surface area contributed by atoms with Gasteiger partial charge in [-0.2, -0.15) is 0 Å². The van der Waals surface area contributed by atoms with Crippen LogP contribution in [0.2, 0.25) is 0 Å². The van der Waals surface area contributed by atoms with Gasteiger partial charge in [0.05, 0.1) is 12.3 Å². The molecule has 3 aromatic rings. The summed E-state index contributed by atoms with van der Waals surface area (Å²) in [5.41, 5.74) is 8.15. The first-order valence-electron chi connectivity index (χ1n) is 8.19. The molecule has 4 N–H and O–H groups in total. The number of aliphatic hydroxyl groups excluding tert-OH is 1. The number of pyridine rings is 1. The zero-order chi connectivity index (χ0) is 16.5. The van der Waals surface area contributed by atoms with E-state index in [-0.39, 0.29) is 6.10 Å². The Hall–Kier alpha value is -2.67. The smallest absolute Gasteiger partial charge is 0.180 e. The molecule has 3 heterocycles. The van der Waals surface area contributed by atoms with Crippen molar-refractivity contribution >= 4 is 17.2 Å². The van der Waals surface area contributed by atoms with Crippen molar-refractivity contribution in [3.63, 3.8) is 0 Å². The summed E-state index contributed by atoms with van der Waals surface area (Å²) in [5.74, 6) is 1.40. The van der Waals surface area contributed by atoms with Gasteiger partial charge in [-0.1, -0.05) is 0 Å². The van der Waals surface area contributed by atoms with Crippen LogP contribution in [0.15, 0.2) is 36.8 Å². The highest BCUT2D eigenvalue weighted by molar-refractivity contribution is 5.60. The van der Waals surface area contributed by atoms with Crippen molar-refractivity contribution in [1.82, 2.24) is 19.4 Å². The van der Waals surface area contributed by atoms with Crippen LogP contribution in [-0.2, 0) is 0 Å². The Labute approximate surface area is 139 Å². The summed E-state index contributed by atoms with van der Waals surface area (Å²) in [4.78, 5) is 13.4. The van der Waals surface area contributed by atoms with Crippen molar-refractivity contribution in [3.05, 3.63) is 36.8 Å². The lowest BCUT2D eigenvalue weighted by atomic mass is 9.93. The lowest BCUT2D eigenvalue weighted by Gasteiger charge is -2.26. The number of aromatic nitrogens is 4. The molecule has 0 aliphatic heterocycles. The minimum absolute atomic E-state index is 0.160. The Morgan fingerprint density at radius 2 is 1.96 bits per heavy atom. The summed E-state index contributed by atoms with van der Waals surface area (Å²) in [7, 11) is 0. The van der Waals surface area contributed by atoms with Crippen molar-refractivity contribution in [3.8, 4) is 11.5 Å². The first kappa shape index (κ1) is 14.9. The summed E-state index contributed by atoms with van der Waals surface area (Å²) in [6, 6.07) is 5.90. The predicted octanol–water partition coefficient (Wildman–Crippen LogP) is 2.09. The van der Waals surface area contributed by atoms with Crippen molar-refractivity contribution in [2.24, 2.45) is 0 Å². The molecule has 4 rings (SSSR count). The van der Waals surface area contributed by atoms with Crippen LogP contribution >= 0.6 is 0 Å². The molecule has 0 radical (unpaired) electrons. The Morgan fingerprint density at radius 1 is 1.12 bits per heavy atom. The number of rotatable bonds is 3. The molecule has 3 aromatic heterocycles. The van der Waals surface area contributed by atoms with Crippen molar-refractivity contribution in [2.75, 3.05) is 11.1 Å². The average molecular weight is 324 g/mol. The maximum absolute atomic E-state index is 9.61. The molecule has 0 spiro atoms. The molecule has 1 aliphatic rings. The van der Waals surface area contributed by atoms with Crippen LogP contribution in [-0.4, -0.2) is 36.6 Å². The van der Waals surface area contributed by atoms with Gasteiger partial charge in [0.1, 0.15) is 17.2 Å². The normalized spacial score (nSPS) is 21.0. The van der Waals surface area contributed by atoms with Gasteiger partial charge in [0.2, 0.25) is 0 Å². The third-order valence-corrected chi connectivity index (χ3v) is 4.46. The molecule has 0 bridgehead atoms. The van der Waals surface area contributed by atoms with Crippen LogP contribution in [0.4, 0.5) is 11.5 Å². The third kappa shape index (κ3) is 2.90. The lowest BCUT2D eigenvalue weighted by molar-refractivity contribution is 0.126. The monoisotopic (exact) mass is 324 g/mol. The van der Waals surface area contributed by atoms with Gasteiger partial charge >= 0.3 is 0 Å². The summed E-state index contributed by atoms with van der Waals surface area (Å²) < 4.78 is 1.89. The third-order valence-electron chi connectivity index (χ3n) is 4.46. The number of nitrogens with zero attached hydrogens (tertiary/aromatic N) is 4. The van der Waals surface area contributed by atoms with E-state index in [1.165, 1.54) is 0 Å². The molecule has 0 amide bonds. The fourth-order valence-electron chi connectivity index (χ4n) is 3.15. The van der Waals surface area contributed by atoms with Crippen LogP contribution in [0.3, 0.4) is 0 Å². The molecule has 1 saturated carbocycles. The van der Waals surface area contributed by atoms with Gasteiger partial charge in [0, 0.05) is 24.1 Å². The maximum Gasteiger partial charge on any atom is 0.180 e. The van der Waals surface area contributed by atoms with E-state index in [2.05, 4.69) is 20.3 Å². The van der Waals surface area contributed by atoms with Crippen LogP contribution in [0, 0.1) is 0 Å². The second-order valence-corrected chi connectivity index (χ2v) is 6.25. The molecule has 7 nitrogen and oxygen atoms in total. The van der Waals surface area contributed by atoms with Gasteiger partial charge in [-0.25, -0.2) is 15.0 Å². The summed E-state index contributed by atoms with van der Waals surface area (Å²) >= 11 is 0. The van der Waals surface area contributed by atoms with E-state index in [9.17, 15) is 5.11 Å². The standard InChI is InChI=1S/C17H20N6O/c18-11-1-6-16-20-9-14(23(16)10-11)17-19-8-7-15(22-17)21-12-2-4-13(24)5-3-12/h1,6-10,12-13,24H,2-5,18H2,(H,19,21,22)/t12-,13-. The molecule has 0 saturated heterocycles. The number of fused-ring (bicyclic) bond motifs is 1. The Morgan fingerprint density at radius 3 is 2.79 bits per heavy atom. The highest BCUT2D eigenvalue weighted by Gasteiger charge is 2.19. The Kier molecular flexibility index (Phi) is 3.78. The molecule has 0 unspecified atom stereocenters. The van der Waals surface area contributed by atoms with Crippen LogP contribution in [0.25, 0.3) is 17.2 Å². The average Bonchev–Trinajstić information content (AvgIpc) is 3.00. The zero-order valence-corrected chi connectivity index (χ0v) is 13.3. The van der Waals surface area contributed by atoms with Crippen molar-refractivity contribution in [2.45, 2.75) is 37.8 Å². The van der Waals surface area contributed by atoms with Crippen LogP contribution in [0.1, 0.15) is 25.7 Å². The highest BCUT2D eigenvalue weighted by atomic mass is 16.3. The zero-order valence-electron chi connectivity index (χ0n) is 13.3. The molecular formula is C17H20N6O. The number of hydrogen-bond donors (Lipinski definition) is 3. The number of anilines is 2. The molecule has 24 heavy (non-hydrogen) atoms. The number of nitrogens with two attached hydrogens (primary N) is 1. The van der Waals surface area contributed by atoms with Gasteiger partial charge in [-0.15, -0.1) is 0 Å². The predicted molar refractivity (Wildman–Crippen MR) is 92.5 cm³/mol. The summed E-state index contributed by atoms with van der Waals surface area (Å²) in [6.45, 7) is 0. The largest absolute Gasteiger partial charge is 0.398 e. The number of imidazole rings is 1. The topological polar surface area (TPSA) is 101 Å². The van der Waals surface area contributed by atoms with E-state index in [0.29, 0.717) is 17.6 Å². The molecule has 124 valence electrons. The fraction of sp³-hybridized carbons (Fsp3) is 0.353. The Bertz CT molecular complexity index is 853. The summed E-state index contributed by atoms with van der Waals surface area (Å²) in [6.07, 6.45) is 8.74. The van der Waals surface area contributed by atoms with Gasteiger partial charge < -0.3 is 16.2 Å². The molecular weight excluding hydrogens is 304 g/mol.